The fourth-order valence-corrected chi connectivity index (χ4v) is 1.34. The molecule has 1 aromatic heterocycles. The maximum atomic E-state index is 5.27. The number of hydrogen-bond acceptors (Lipinski definition) is 3. The molecule has 2 nitrogen and oxygen atoms in total. The average Bonchev–Trinajstić information content (AvgIpc) is 2.37. The van der Waals surface area contributed by atoms with Crippen molar-refractivity contribution in [3.05, 3.63) is 16.3 Å². The van der Waals surface area contributed by atoms with Gasteiger partial charge in [0.25, 0.3) is 5.17 Å². The Morgan fingerprint density at radius 1 is 1.73 bits per heavy atom. The van der Waals surface area contributed by atoms with E-state index in [0.717, 1.165) is 10.6 Å². The van der Waals surface area contributed by atoms with Crippen molar-refractivity contribution in [3.8, 4) is 5.75 Å². The molecular formula is C7H9NOS2. The number of rotatable bonds is 1. The Hall–Kier alpha value is -0.610. The van der Waals surface area contributed by atoms with E-state index in [4.69, 9.17) is 17.0 Å². The first-order valence-electron chi connectivity index (χ1n) is 3.17. The molecule has 1 aromatic rings. The standard InChI is InChI=1S/C7H9NOS2/c1-5-6(3-4-11-5)9-7(10)8-2/h3-4H,1-2H3,(H,8,10). The third-order valence-corrected chi connectivity index (χ3v) is 2.33. The summed E-state index contributed by atoms with van der Waals surface area (Å²) in [6.07, 6.45) is 0. The van der Waals surface area contributed by atoms with Gasteiger partial charge in [-0.3, -0.25) is 0 Å². The van der Waals surface area contributed by atoms with Crippen molar-refractivity contribution >= 4 is 28.7 Å². The summed E-state index contributed by atoms with van der Waals surface area (Å²) in [5.74, 6) is 0.842. The van der Waals surface area contributed by atoms with Gasteiger partial charge in [-0.1, -0.05) is 0 Å². The van der Waals surface area contributed by atoms with E-state index in [-0.39, 0.29) is 0 Å². The predicted octanol–water partition coefficient (Wildman–Crippen LogP) is 1.94. The number of hydrogen-bond donors (Lipinski definition) is 1. The lowest BCUT2D eigenvalue weighted by atomic mass is 10.5. The second-order valence-corrected chi connectivity index (χ2v) is 3.47. The summed E-state index contributed by atoms with van der Waals surface area (Å²) >= 11 is 6.48. The summed E-state index contributed by atoms with van der Waals surface area (Å²) in [7, 11) is 1.74. The molecule has 0 radical (unpaired) electrons. The van der Waals surface area contributed by atoms with Gasteiger partial charge in [0, 0.05) is 11.9 Å². The number of aryl methyl sites for hydroxylation is 1. The summed E-state index contributed by atoms with van der Waals surface area (Å²) in [4.78, 5) is 1.14. The topological polar surface area (TPSA) is 21.3 Å². The lowest BCUT2D eigenvalue weighted by Gasteiger charge is -2.03. The Bertz CT molecular complexity index is 257. The molecule has 0 fully saturated rings. The van der Waals surface area contributed by atoms with Gasteiger partial charge in [0.1, 0.15) is 5.75 Å². The van der Waals surface area contributed by atoms with Crippen LogP contribution < -0.4 is 10.1 Å². The van der Waals surface area contributed by atoms with Gasteiger partial charge in [-0.15, -0.1) is 11.3 Å². The third-order valence-electron chi connectivity index (χ3n) is 1.22. The highest BCUT2D eigenvalue weighted by Crippen LogP contribution is 2.22. The van der Waals surface area contributed by atoms with E-state index in [9.17, 15) is 0 Å². The van der Waals surface area contributed by atoms with Crippen LogP contribution in [0.1, 0.15) is 4.88 Å². The normalized spacial score (nSPS) is 9.27. The van der Waals surface area contributed by atoms with Gasteiger partial charge in [0.2, 0.25) is 0 Å². The van der Waals surface area contributed by atoms with Gasteiger partial charge in [-0.2, -0.15) is 0 Å². The monoisotopic (exact) mass is 187 g/mol. The lowest BCUT2D eigenvalue weighted by Crippen LogP contribution is -2.21. The maximum absolute atomic E-state index is 5.27. The van der Waals surface area contributed by atoms with Gasteiger partial charge in [0.05, 0.1) is 0 Å². The van der Waals surface area contributed by atoms with Crippen LogP contribution >= 0.6 is 23.6 Å². The van der Waals surface area contributed by atoms with E-state index in [2.05, 4.69) is 5.32 Å². The van der Waals surface area contributed by atoms with Crippen molar-refractivity contribution in [1.29, 1.82) is 0 Å². The molecule has 0 aromatic carbocycles. The fraction of sp³-hybridized carbons (Fsp3) is 0.286. The molecule has 0 spiro atoms. The van der Waals surface area contributed by atoms with Crippen molar-refractivity contribution in [2.75, 3.05) is 7.05 Å². The van der Waals surface area contributed by atoms with Crippen molar-refractivity contribution in [2.24, 2.45) is 0 Å². The number of ether oxygens (including phenoxy) is 1. The van der Waals surface area contributed by atoms with Gasteiger partial charge >= 0.3 is 0 Å². The zero-order valence-corrected chi connectivity index (χ0v) is 8.01. The molecule has 0 amide bonds. The van der Waals surface area contributed by atoms with Gasteiger partial charge in [0.15, 0.2) is 0 Å². The molecule has 0 bridgehead atoms. The third kappa shape index (κ3) is 2.17. The molecule has 0 atom stereocenters. The quantitative estimate of drug-likeness (QED) is 0.679. The van der Waals surface area contributed by atoms with Gasteiger partial charge < -0.3 is 10.1 Å². The number of nitrogens with one attached hydrogen (secondary N) is 1. The van der Waals surface area contributed by atoms with Crippen LogP contribution in [0.5, 0.6) is 5.75 Å². The van der Waals surface area contributed by atoms with E-state index in [0.29, 0.717) is 5.17 Å². The molecule has 0 aliphatic heterocycles. The molecule has 60 valence electrons. The molecular weight excluding hydrogens is 178 g/mol. The molecule has 4 heteroatoms. The van der Waals surface area contributed by atoms with E-state index >= 15 is 0 Å². The first kappa shape index (κ1) is 8.49. The summed E-state index contributed by atoms with van der Waals surface area (Å²) in [5, 5.41) is 5.13. The zero-order valence-electron chi connectivity index (χ0n) is 6.38. The Morgan fingerprint density at radius 3 is 2.91 bits per heavy atom. The molecule has 0 aliphatic rings. The average molecular weight is 187 g/mol. The maximum Gasteiger partial charge on any atom is 0.261 e. The van der Waals surface area contributed by atoms with Crippen molar-refractivity contribution < 1.29 is 4.74 Å². The molecule has 1 N–H and O–H groups in total. The Balaban J connectivity index is 2.64. The molecule has 0 saturated carbocycles. The fourth-order valence-electron chi connectivity index (χ4n) is 0.630. The summed E-state index contributed by atoms with van der Waals surface area (Å²) in [6, 6.07) is 1.91. The summed E-state index contributed by atoms with van der Waals surface area (Å²) in [5.41, 5.74) is 0. The zero-order chi connectivity index (χ0) is 8.27. The SMILES string of the molecule is CNC(=S)Oc1ccsc1C. The van der Waals surface area contributed by atoms with Gasteiger partial charge in [-0.05, 0) is 30.6 Å². The van der Waals surface area contributed by atoms with E-state index in [1.165, 1.54) is 0 Å². The van der Waals surface area contributed by atoms with Crippen molar-refractivity contribution in [1.82, 2.24) is 5.32 Å². The molecule has 0 unspecified atom stereocenters. The highest BCUT2D eigenvalue weighted by atomic mass is 32.1. The molecule has 0 aliphatic carbocycles. The van der Waals surface area contributed by atoms with Crippen LogP contribution in [0.25, 0.3) is 0 Å². The van der Waals surface area contributed by atoms with Crippen molar-refractivity contribution in [2.45, 2.75) is 6.92 Å². The van der Waals surface area contributed by atoms with Crippen LogP contribution in [0.15, 0.2) is 11.4 Å². The minimum atomic E-state index is 0.409. The molecule has 1 heterocycles. The van der Waals surface area contributed by atoms with Crippen LogP contribution in [0.2, 0.25) is 0 Å². The van der Waals surface area contributed by atoms with E-state index < -0.39 is 0 Å². The first-order valence-corrected chi connectivity index (χ1v) is 4.46. The lowest BCUT2D eigenvalue weighted by molar-refractivity contribution is 0.541. The van der Waals surface area contributed by atoms with Gasteiger partial charge in [-0.25, -0.2) is 0 Å². The molecule has 0 saturated heterocycles. The minimum absolute atomic E-state index is 0.409. The molecule has 11 heavy (non-hydrogen) atoms. The Kier molecular flexibility index (Phi) is 2.84. The Labute approximate surface area is 75.2 Å². The first-order chi connectivity index (χ1) is 5.24. The predicted molar refractivity (Wildman–Crippen MR) is 51.3 cm³/mol. The van der Waals surface area contributed by atoms with Crippen LogP contribution in [-0.4, -0.2) is 12.2 Å². The van der Waals surface area contributed by atoms with Crippen LogP contribution in [0.3, 0.4) is 0 Å². The van der Waals surface area contributed by atoms with Crippen LogP contribution in [0.4, 0.5) is 0 Å². The highest BCUT2D eigenvalue weighted by molar-refractivity contribution is 7.80. The van der Waals surface area contributed by atoms with E-state index in [1.807, 2.05) is 18.4 Å². The second-order valence-electron chi connectivity index (χ2n) is 1.98. The van der Waals surface area contributed by atoms with Crippen LogP contribution in [0, 0.1) is 6.92 Å². The Morgan fingerprint density at radius 2 is 2.45 bits per heavy atom. The summed E-state index contributed by atoms with van der Waals surface area (Å²) < 4.78 is 5.27. The van der Waals surface area contributed by atoms with Crippen molar-refractivity contribution in [3.63, 3.8) is 0 Å². The van der Waals surface area contributed by atoms with E-state index in [1.54, 1.807) is 18.4 Å². The number of thiophene rings is 1. The van der Waals surface area contributed by atoms with Crippen LogP contribution in [-0.2, 0) is 0 Å². The second kappa shape index (κ2) is 3.69. The highest BCUT2D eigenvalue weighted by Gasteiger charge is 2.01. The largest absolute Gasteiger partial charge is 0.431 e. The number of thiocarbonyl (C=S) groups is 1. The smallest absolute Gasteiger partial charge is 0.261 e. The minimum Gasteiger partial charge on any atom is -0.431 e. The summed E-state index contributed by atoms with van der Waals surface area (Å²) in [6.45, 7) is 2.00. The molecule has 1 rings (SSSR count).